The molecule has 26 heavy (non-hydrogen) atoms. The van der Waals surface area contributed by atoms with Crippen molar-refractivity contribution in [3.8, 4) is 17.3 Å². The first-order chi connectivity index (χ1) is 12.5. The third-order valence-corrected chi connectivity index (χ3v) is 3.55. The number of nitrogens with one attached hydrogen (secondary N) is 1. The second-order valence-electron chi connectivity index (χ2n) is 6.07. The van der Waals surface area contributed by atoms with Crippen LogP contribution in [0.1, 0.15) is 43.1 Å². The minimum absolute atomic E-state index is 0.0202. The van der Waals surface area contributed by atoms with E-state index in [1.165, 1.54) is 0 Å². The highest BCUT2D eigenvalue weighted by Crippen LogP contribution is 2.22. The lowest BCUT2D eigenvalue weighted by Gasteiger charge is -2.09. The van der Waals surface area contributed by atoms with E-state index in [0.29, 0.717) is 23.2 Å². The Morgan fingerprint density at radius 1 is 1.15 bits per heavy atom. The predicted octanol–water partition coefficient (Wildman–Crippen LogP) is 3.41. The summed E-state index contributed by atoms with van der Waals surface area (Å²) >= 11 is 0. The zero-order valence-corrected chi connectivity index (χ0v) is 14.8. The molecule has 1 aromatic carbocycles. The van der Waals surface area contributed by atoms with Gasteiger partial charge in [0.2, 0.25) is 17.6 Å². The Morgan fingerprint density at radius 2 is 1.92 bits per heavy atom. The highest BCUT2D eigenvalue weighted by Gasteiger charge is 2.18. The quantitative estimate of drug-likeness (QED) is 0.731. The summed E-state index contributed by atoms with van der Waals surface area (Å²) in [5, 5.41) is 6.83. The number of benzene rings is 1. The van der Waals surface area contributed by atoms with Crippen LogP contribution < -0.4 is 10.1 Å². The molecular formula is C19H20N4O3. The molecule has 134 valence electrons. The van der Waals surface area contributed by atoms with Crippen molar-refractivity contribution < 1.29 is 14.1 Å². The maximum absolute atomic E-state index is 12.2. The molecule has 0 spiro atoms. The number of aromatic nitrogens is 3. The van der Waals surface area contributed by atoms with E-state index in [9.17, 15) is 4.79 Å². The molecule has 2 aromatic heterocycles. The summed E-state index contributed by atoms with van der Waals surface area (Å²) in [5.74, 6) is 1.04. The Kier molecular flexibility index (Phi) is 5.26. The summed E-state index contributed by atoms with van der Waals surface area (Å²) in [6.45, 7) is 5.65. The van der Waals surface area contributed by atoms with Gasteiger partial charge in [0.05, 0.1) is 6.10 Å². The molecule has 1 N–H and O–H groups in total. The molecule has 0 saturated heterocycles. The van der Waals surface area contributed by atoms with Crippen molar-refractivity contribution in [3.05, 3.63) is 60.1 Å². The lowest BCUT2D eigenvalue weighted by atomic mass is 10.2. The molecular weight excluding hydrogens is 332 g/mol. The van der Waals surface area contributed by atoms with Crippen LogP contribution in [0.2, 0.25) is 0 Å². The molecule has 1 amide bonds. The number of amides is 1. The van der Waals surface area contributed by atoms with Crippen molar-refractivity contribution in [1.29, 1.82) is 0 Å². The zero-order valence-electron chi connectivity index (χ0n) is 14.8. The lowest BCUT2D eigenvalue weighted by molar-refractivity contribution is 0.0932. The SMILES string of the molecule is CC(C)Oc1cc(-c2noc([C@H](C)NC(=O)c3ccccc3)n2)ccn1. The van der Waals surface area contributed by atoms with Gasteiger partial charge >= 0.3 is 0 Å². The van der Waals surface area contributed by atoms with Crippen LogP contribution >= 0.6 is 0 Å². The number of pyridine rings is 1. The number of carbonyl (C=O) groups excluding carboxylic acids is 1. The topological polar surface area (TPSA) is 90.1 Å². The fourth-order valence-electron chi connectivity index (χ4n) is 2.31. The van der Waals surface area contributed by atoms with E-state index in [2.05, 4.69) is 20.4 Å². The third-order valence-electron chi connectivity index (χ3n) is 3.55. The second kappa shape index (κ2) is 7.77. The van der Waals surface area contributed by atoms with Gasteiger partial charge in [-0.05, 0) is 39.0 Å². The average molecular weight is 352 g/mol. The van der Waals surface area contributed by atoms with Crippen molar-refractivity contribution in [3.63, 3.8) is 0 Å². The first-order valence-corrected chi connectivity index (χ1v) is 8.35. The van der Waals surface area contributed by atoms with Crippen molar-refractivity contribution in [1.82, 2.24) is 20.4 Å². The molecule has 0 bridgehead atoms. The smallest absolute Gasteiger partial charge is 0.251 e. The van der Waals surface area contributed by atoms with Gasteiger partial charge in [-0.2, -0.15) is 4.98 Å². The Bertz CT molecular complexity index is 877. The number of rotatable bonds is 6. The highest BCUT2D eigenvalue weighted by molar-refractivity contribution is 5.94. The van der Waals surface area contributed by atoms with Gasteiger partial charge in [0, 0.05) is 23.4 Å². The summed E-state index contributed by atoms with van der Waals surface area (Å²) in [4.78, 5) is 20.8. The zero-order chi connectivity index (χ0) is 18.5. The van der Waals surface area contributed by atoms with Gasteiger partial charge in [-0.15, -0.1) is 0 Å². The predicted molar refractivity (Wildman–Crippen MR) is 95.6 cm³/mol. The molecule has 3 rings (SSSR count). The Balaban J connectivity index is 1.72. The van der Waals surface area contributed by atoms with Gasteiger partial charge in [-0.1, -0.05) is 23.4 Å². The third kappa shape index (κ3) is 4.24. The van der Waals surface area contributed by atoms with E-state index in [1.807, 2.05) is 32.0 Å². The molecule has 3 aromatic rings. The van der Waals surface area contributed by atoms with E-state index in [1.54, 1.807) is 37.4 Å². The van der Waals surface area contributed by atoms with E-state index >= 15 is 0 Å². The van der Waals surface area contributed by atoms with Gasteiger partial charge < -0.3 is 14.6 Å². The summed E-state index contributed by atoms with van der Waals surface area (Å²) in [6.07, 6.45) is 1.65. The molecule has 0 aliphatic heterocycles. The molecule has 0 radical (unpaired) electrons. The van der Waals surface area contributed by atoms with Crippen molar-refractivity contribution in [2.24, 2.45) is 0 Å². The number of ether oxygens (including phenoxy) is 1. The summed E-state index contributed by atoms with van der Waals surface area (Å²) in [6, 6.07) is 12.1. The molecule has 0 aliphatic rings. The van der Waals surface area contributed by atoms with Crippen LogP contribution in [0.25, 0.3) is 11.4 Å². The van der Waals surface area contributed by atoms with E-state index in [4.69, 9.17) is 9.26 Å². The maximum atomic E-state index is 12.2. The molecule has 0 aliphatic carbocycles. The van der Waals surface area contributed by atoms with E-state index in [0.717, 1.165) is 5.56 Å². The largest absolute Gasteiger partial charge is 0.475 e. The summed E-state index contributed by atoms with van der Waals surface area (Å²) in [7, 11) is 0. The normalized spacial score (nSPS) is 12.0. The Hall–Kier alpha value is -3.22. The van der Waals surface area contributed by atoms with E-state index < -0.39 is 6.04 Å². The van der Waals surface area contributed by atoms with Crippen LogP contribution in [0.5, 0.6) is 5.88 Å². The lowest BCUT2D eigenvalue weighted by Crippen LogP contribution is -2.26. The Labute approximate surface area is 151 Å². The highest BCUT2D eigenvalue weighted by atomic mass is 16.5. The van der Waals surface area contributed by atoms with Crippen LogP contribution in [0.4, 0.5) is 0 Å². The fourth-order valence-corrected chi connectivity index (χ4v) is 2.31. The van der Waals surface area contributed by atoms with Gasteiger partial charge in [0.1, 0.15) is 6.04 Å². The Morgan fingerprint density at radius 3 is 2.65 bits per heavy atom. The fraction of sp³-hybridized carbons (Fsp3) is 0.263. The summed E-state index contributed by atoms with van der Waals surface area (Å²) < 4.78 is 10.9. The van der Waals surface area contributed by atoms with Crippen LogP contribution in [0.15, 0.2) is 53.2 Å². The van der Waals surface area contributed by atoms with Crippen molar-refractivity contribution in [2.75, 3.05) is 0 Å². The minimum atomic E-state index is -0.419. The first-order valence-electron chi connectivity index (χ1n) is 8.35. The molecule has 1 atom stereocenters. The maximum Gasteiger partial charge on any atom is 0.251 e. The number of hydrogen-bond donors (Lipinski definition) is 1. The molecule has 0 fully saturated rings. The standard InChI is InChI=1S/C19H20N4O3/c1-12(2)25-16-11-15(9-10-20-16)17-22-19(26-23-17)13(3)21-18(24)14-7-5-4-6-8-14/h4-13H,1-3H3,(H,21,24)/t13-/m0/s1. The number of carbonyl (C=O) groups is 1. The van der Waals surface area contributed by atoms with Crippen LogP contribution in [0, 0.1) is 0 Å². The van der Waals surface area contributed by atoms with Crippen molar-refractivity contribution >= 4 is 5.91 Å². The van der Waals surface area contributed by atoms with E-state index in [-0.39, 0.29) is 12.0 Å². The van der Waals surface area contributed by atoms with Gasteiger partial charge in [-0.25, -0.2) is 4.98 Å². The summed E-state index contributed by atoms with van der Waals surface area (Å²) in [5.41, 5.74) is 1.30. The molecule has 0 saturated carbocycles. The average Bonchev–Trinajstić information content (AvgIpc) is 3.12. The number of nitrogens with zero attached hydrogens (tertiary/aromatic N) is 3. The van der Waals surface area contributed by atoms with Crippen molar-refractivity contribution in [2.45, 2.75) is 32.9 Å². The molecule has 7 heteroatoms. The van der Waals surface area contributed by atoms with Gasteiger partial charge in [-0.3, -0.25) is 4.79 Å². The van der Waals surface area contributed by atoms with Crippen LogP contribution in [-0.2, 0) is 0 Å². The van der Waals surface area contributed by atoms with Crippen LogP contribution in [-0.4, -0.2) is 27.1 Å². The first kappa shape index (κ1) is 17.6. The molecule has 2 heterocycles. The monoisotopic (exact) mass is 352 g/mol. The molecule has 0 unspecified atom stereocenters. The van der Waals surface area contributed by atoms with Gasteiger partial charge in [0.15, 0.2) is 0 Å². The van der Waals surface area contributed by atoms with Gasteiger partial charge in [0.25, 0.3) is 5.91 Å². The molecule has 7 nitrogen and oxygen atoms in total. The van der Waals surface area contributed by atoms with Crippen LogP contribution in [0.3, 0.4) is 0 Å². The number of hydrogen-bond acceptors (Lipinski definition) is 6. The second-order valence-corrected chi connectivity index (χ2v) is 6.07. The minimum Gasteiger partial charge on any atom is -0.475 e.